The highest BCUT2D eigenvalue weighted by Gasteiger charge is 2.30. The van der Waals surface area contributed by atoms with Crippen LogP contribution in [0.15, 0.2) is 60.7 Å². The van der Waals surface area contributed by atoms with Gasteiger partial charge in [-0.2, -0.15) is 8.42 Å². The highest BCUT2D eigenvalue weighted by molar-refractivity contribution is 7.86. The van der Waals surface area contributed by atoms with Crippen molar-refractivity contribution >= 4 is 22.3 Å². The van der Waals surface area contributed by atoms with Crippen LogP contribution in [-0.4, -0.2) is 80.2 Å². The van der Waals surface area contributed by atoms with E-state index in [9.17, 15) is 23.1 Å². The van der Waals surface area contributed by atoms with E-state index in [-0.39, 0.29) is 36.7 Å². The van der Waals surface area contributed by atoms with Crippen LogP contribution in [-0.2, 0) is 37.0 Å². The van der Waals surface area contributed by atoms with Crippen LogP contribution in [0.25, 0.3) is 0 Å². The van der Waals surface area contributed by atoms with Gasteiger partial charge in [-0.1, -0.05) is 60.7 Å². The number of benzene rings is 2. The van der Waals surface area contributed by atoms with Gasteiger partial charge in [-0.15, -0.1) is 0 Å². The summed E-state index contributed by atoms with van der Waals surface area (Å²) in [6, 6.07) is 19.1. The molecule has 2 aromatic rings. The van der Waals surface area contributed by atoms with Gasteiger partial charge in [-0.05, 0) is 50.7 Å². The molecule has 4 rings (SSSR count). The number of carbonyl (C=O) groups excluding carboxylic acids is 2. The smallest absolute Gasteiger partial charge is 0.410 e. The minimum absolute atomic E-state index is 0.0113. The van der Waals surface area contributed by atoms with Crippen molar-refractivity contribution < 1.29 is 36.8 Å². The fourth-order valence-electron chi connectivity index (χ4n) is 5.10. The maximum Gasteiger partial charge on any atom is 0.410 e. The van der Waals surface area contributed by atoms with Crippen LogP contribution >= 0.6 is 0 Å². The molecule has 2 aromatic carbocycles. The standard InChI is InChI=1S/C16H23NO5S.C15H21NO3/c1-13(22-23(2,19)20)15-9-6-10-17(11-15)16(18)21-12-14-7-4-3-5-8-14;1-12(17)14-8-5-9-16(10-14)15(18)19-11-13-6-3-2-4-7-13/h3-5,7-8,13,15H,6,9-12H2,1-2H3;2-4,6-7,12,14,17H,5,8-11H2,1H3/t13-,15-;12-,14-/m11/s1. The van der Waals surface area contributed by atoms with Crippen molar-refractivity contribution in [1.82, 2.24) is 9.80 Å². The average Bonchev–Trinajstić information content (AvgIpc) is 2.99. The second-order valence-electron chi connectivity index (χ2n) is 11.0. The molecule has 2 fully saturated rings. The molecule has 11 heteroatoms. The van der Waals surface area contributed by atoms with Gasteiger partial charge in [0.15, 0.2) is 0 Å². The van der Waals surface area contributed by atoms with Gasteiger partial charge >= 0.3 is 12.2 Å². The molecule has 42 heavy (non-hydrogen) atoms. The predicted octanol–water partition coefficient (Wildman–Crippen LogP) is 4.82. The summed E-state index contributed by atoms with van der Waals surface area (Å²) in [6.07, 6.45) is 3.11. The first-order valence-corrected chi connectivity index (χ1v) is 16.3. The van der Waals surface area contributed by atoms with Crippen LogP contribution in [0, 0.1) is 11.8 Å². The Morgan fingerprint density at radius 2 is 1.24 bits per heavy atom. The van der Waals surface area contributed by atoms with Crippen molar-refractivity contribution in [3.63, 3.8) is 0 Å². The zero-order chi connectivity index (χ0) is 30.5. The van der Waals surface area contributed by atoms with Gasteiger partial charge in [0.25, 0.3) is 10.1 Å². The van der Waals surface area contributed by atoms with Crippen molar-refractivity contribution in [2.75, 3.05) is 32.4 Å². The van der Waals surface area contributed by atoms with E-state index in [1.807, 2.05) is 60.7 Å². The molecule has 0 aromatic heterocycles. The number of carbonyl (C=O) groups is 2. The van der Waals surface area contributed by atoms with E-state index >= 15 is 0 Å². The number of nitrogens with zero attached hydrogens (tertiary/aromatic N) is 2. The molecule has 232 valence electrons. The van der Waals surface area contributed by atoms with Crippen LogP contribution in [0.2, 0.25) is 0 Å². The molecule has 0 radical (unpaired) electrons. The Bertz CT molecular complexity index is 1210. The zero-order valence-electron chi connectivity index (χ0n) is 24.8. The van der Waals surface area contributed by atoms with Crippen molar-refractivity contribution in [2.24, 2.45) is 11.8 Å². The molecular weight excluding hydrogens is 560 g/mol. The highest BCUT2D eigenvalue weighted by Crippen LogP contribution is 2.23. The topological polar surface area (TPSA) is 123 Å². The first kappa shape index (κ1) is 33.4. The molecule has 0 bridgehead atoms. The lowest BCUT2D eigenvalue weighted by molar-refractivity contribution is 0.0449. The van der Waals surface area contributed by atoms with E-state index in [1.165, 1.54) is 0 Å². The Kier molecular flexibility index (Phi) is 13.1. The van der Waals surface area contributed by atoms with Crippen LogP contribution in [0.3, 0.4) is 0 Å². The van der Waals surface area contributed by atoms with Crippen molar-refractivity contribution in [2.45, 2.75) is 65.0 Å². The Morgan fingerprint density at radius 1 is 0.810 bits per heavy atom. The van der Waals surface area contributed by atoms with E-state index in [0.29, 0.717) is 26.2 Å². The fraction of sp³-hybridized carbons (Fsp3) is 0.548. The Morgan fingerprint density at radius 3 is 1.67 bits per heavy atom. The maximum atomic E-state index is 12.2. The maximum absolute atomic E-state index is 12.2. The molecule has 0 spiro atoms. The minimum atomic E-state index is -3.49. The summed E-state index contributed by atoms with van der Waals surface area (Å²) in [7, 11) is -3.49. The molecule has 2 aliphatic heterocycles. The second kappa shape index (κ2) is 16.5. The monoisotopic (exact) mass is 604 g/mol. The molecule has 2 saturated heterocycles. The molecule has 1 N–H and O–H groups in total. The molecule has 2 amide bonds. The summed E-state index contributed by atoms with van der Waals surface area (Å²) < 4.78 is 38.1. The van der Waals surface area contributed by atoms with Gasteiger partial charge in [-0.3, -0.25) is 4.18 Å². The SMILES string of the molecule is C[C@@H](O)[C@@H]1CCCN(C(=O)OCc2ccccc2)C1.C[C@@H](OS(C)(=O)=O)[C@@H]1CCCN(C(=O)OCc2ccccc2)C1. The average molecular weight is 605 g/mol. The van der Waals surface area contributed by atoms with E-state index in [4.69, 9.17) is 13.7 Å². The number of hydrogen-bond donors (Lipinski definition) is 1. The van der Waals surface area contributed by atoms with E-state index < -0.39 is 16.2 Å². The third-order valence-corrected chi connectivity index (χ3v) is 8.17. The van der Waals surface area contributed by atoms with Crippen molar-refractivity contribution in [1.29, 1.82) is 0 Å². The van der Waals surface area contributed by atoms with E-state index in [1.54, 1.807) is 23.6 Å². The number of aliphatic hydroxyl groups excluding tert-OH is 1. The van der Waals surface area contributed by atoms with Crippen LogP contribution in [0.1, 0.15) is 50.7 Å². The molecule has 2 aliphatic rings. The summed E-state index contributed by atoms with van der Waals surface area (Å²) in [5.41, 5.74) is 1.92. The van der Waals surface area contributed by atoms with Crippen molar-refractivity contribution in [3.8, 4) is 0 Å². The number of amides is 2. The summed E-state index contributed by atoms with van der Waals surface area (Å²) in [5, 5.41) is 9.61. The first-order valence-electron chi connectivity index (χ1n) is 14.5. The Hall–Kier alpha value is -3.15. The van der Waals surface area contributed by atoms with Gasteiger partial charge in [0.1, 0.15) is 13.2 Å². The number of ether oxygens (including phenoxy) is 2. The number of hydrogen-bond acceptors (Lipinski definition) is 8. The van der Waals surface area contributed by atoms with Gasteiger partial charge in [0.05, 0.1) is 18.5 Å². The van der Waals surface area contributed by atoms with Gasteiger partial charge in [-0.25, -0.2) is 9.59 Å². The molecule has 0 unspecified atom stereocenters. The summed E-state index contributed by atoms with van der Waals surface area (Å²) in [5.74, 6) is 0.153. The van der Waals surface area contributed by atoms with Gasteiger partial charge in [0.2, 0.25) is 0 Å². The lowest BCUT2D eigenvalue weighted by atomic mass is 9.94. The number of rotatable bonds is 8. The Balaban J connectivity index is 0.000000235. The van der Waals surface area contributed by atoms with Crippen molar-refractivity contribution in [3.05, 3.63) is 71.8 Å². The zero-order valence-corrected chi connectivity index (χ0v) is 25.6. The molecule has 2 heterocycles. The Labute approximate surface area is 249 Å². The molecule has 4 atom stereocenters. The summed E-state index contributed by atoms with van der Waals surface area (Å²) >= 11 is 0. The lowest BCUT2D eigenvalue weighted by Crippen LogP contribution is -2.44. The molecular formula is C31H44N2O8S. The summed E-state index contributed by atoms with van der Waals surface area (Å²) in [4.78, 5) is 27.5. The molecule has 0 aliphatic carbocycles. The van der Waals surface area contributed by atoms with Crippen LogP contribution < -0.4 is 0 Å². The van der Waals surface area contributed by atoms with Crippen LogP contribution in [0.5, 0.6) is 0 Å². The quantitative estimate of drug-likeness (QED) is 0.426. The largest absolute Gasteiger partial charge is 0.445 e. The molecule has 10 nitrogen and oxygen atoms in total. The van der Waals surface area contributed by atoms with Gasteiger partial charge in [0, 0.05) is 38.0 Å². The normalized spacial score (nSPS) is 20.5. The van der Waals surface area contributed by atoms with E-state index in [2.05, 4.69) is 0 Å². The van der Waals surface area contributed by atoms with E-state index in [0.717, 1.165) is 49.6 Å². The fourth-order valence-corrected chi connectivity index (χ4v) is 5.81. The first-order chi connectivity index (χ1) is 20.0. The minimum Gasteiger partial charge on any atom is -0.445 e. The number of piperidine rings is 2. The summed E-state index contributed by atoms with van der Waals surface area (Å²) in [6.45, 7) is 6.42. The lowest BCUT2D eigenvalue weighted by Gasteiger charge is -2.34. The number of aliphatic hydroxyl groups is 1. The second-order valence-corrected chi connectivity index (χ2v) is 12.6. The van der Waals surface area contributed by atoms with Gasteiger partial charge < -0.3 is 24.4 Å². The third-order valence-electron chi connectivity index (χ3n) is 7.52. The third kappa shape index (κ3) is 11.6. The number of likely N-dealkylation sites (tertiary alicyclic amines) is 2. The predicted molar refractivity (Wildman–Crippen MR) is 159 cm³/mol. The highest BCUT2D eigenvalue weighted by atomic mass is 32.2. The van der Waals surface area contributed by atoms with Crippen LogP contribution in [0.4, 0.5) is 9.59 Å². The molecule has 0 saturated carbocycles.